The van der Waals surface area contributed by atoms with Gasteiger partial charge in [0.25, 0.3) is 0 Å². The molecule has 1 nitrogen and oxygen atoms in total. The molecule has 0 bridgehead atoms. The van der Waals surface area contributed by atoms with Gasteiger partial charge in [-0.15, -0.1) is 0 Å². The lowest BCUT2D eigenvalue weighted by molar-refractivity contribution is 0.577. The summed E-state index contributed by atoms with van der Waals surface area (Å²) in [6.07, 6.45) is 1.01. The molecule has 4 heteroatoms. The molecule has 0 heterocycles. The maximum atomic E-state index is 13.6. The summed E-state index contributed by atoms with van der Waals surface area (Å²) in [6, 6.07) is 10.6. The molecular formula is C15H12BrF2N. The van der Waals surface area contributed by atoms with Gasteiger partial charge in [0, 0.05) is 18.5 Å². The van der Waals surface area contributed by atoms with Gasteiger partial charge in [0.15, 0.2) is 0 Å². The van der Waals surface area contributed by atoms with E-state index >= 15 is 0 Å². The van der Waals surface area contributed by atoms with Crippen LogP contribution in [0.2, 0.25) is 0 Å². The molecule has 0 aliphatic heterocycles. The normalized spacial score (nSPS) is 16.7. The van der Waals surface area contributed by atoms with Crippen molar-refractivity contribution in [1.82, 2.24) is 0 Å². The summed E-state index contributed by atoms with van der Waals surface area (Å²) < 4.78 is 27.0. The first kappa shape index (κ1) is 12.6. The first-order chi connectivity index (χ1) is 9.15. The molecule has 0 aromatic heterocycles. The van der Waals surface area contributed by atoms with E-state index < -0.39 is 11.6 Å². The van der Waals surface area contributed by atoms with Crippen LogP contribution in [0, 0.1) is 11.6 Å². The Bertz CT molecular complexity index is 628. The van der Waals surface area contributed by atoms with Crippen molar-refractivity contribution in [2.24, 2.45) is 0 Å². The van der Waals surface area contributed by atoms with Gasteiger partial charge in [-0.3, -0.25) is 0 Å². The van der Waals surface area contributed by atoms with Crippen molar-refractivity contribution in [3.63, 3.8) is 0 Å². The van der Waals surface area contributed by atoms with E-state index in [1.54, 1.807) is 0 Å². The number of benzene rings is 2. The van der Waals surface area contributed by atoms with Crippen molar-refractivity contribution in [1.29, 1.82) is 0 Å². The van der Waals surface area contributed by atoms with Gasteiger partial charge in [0.1, 0.15) is 11.6 Å². The number of hydrogen-bond acceptors (Lipinski definition) is 1. The third-order valence-electron chi connectivity index (χ3n) is 3.51. The summed E-state index contributed by atoms with van der Waals surface area (Å²) in [5.74, 6) is -0.746. The van der Waals surface area contributed by atoms with E-state index in [1.807, 2.05) is 12.1 Å². The molecule has 0 saturated heterocycles. The number of anilines is 1. The van der Waals surface area contributed by atoms with Gasteiger partial charge in [0.05, 0.1) is 10.2 Å². The van der Waals surface area contributed by atoms with Crippen molar-refractivity contribution in [3.8, 4) is 0 Å². The molecule has 2 aromatic carbocycles. The van der Waals surface area contributed by atoms with Gasteiger partial charge < -0.3 is 5.32 Å². The molecule has 0 radical (unpaired) electrons. The second-order valence-electron chi connectivity index (χ2n) is 4.73. The monoisotopic (exact) mass is 323 g/mol. The fourth-order valence-corrected chi connectivity index (χ4v) is 2.78. The highest BCUT2D eigenvalue weighted by Crippen LogP contribution is 2.35. The third kappa shape index (κ3) is 2.37. The molecular weight excluding hydrogens is 312 g/mol. The molecule has 1 atom stereocenters. The Morgan fingerprint density at radius 1 is 1.16 bits per heavy atom. The zero-order valence-electron chi connectivity index (χ0n) is 10.1. The maximum Gasteiger partial charge on any atom is 0.149 e. The van der Waals surface area contributed by atoms with Crippen LogP contribution in [0.15, 0.2) is 40.9 Å². The smallest absolute Gasteiger partial charge is 0.149 e. The average molecular weight is 324 g/mol. The van der Waals surface area contributed by atoms with Crippen LogP contribution < -0.4 is 5.32 Å². The minimum absolute atomic E-state index is 0.269. The molecule has 19 heavy (non-hydrogen) atoms. The molecule has 1 aliphatic carbocycles. The summed E-state index contributed by atoms with van der Waals surface area (Å²) in [4.78, 5) is 0. The second-order valence-corrected chi connectivity index (χ2v) is 5.58. The zero-order valence-corrected chi connectivity index (χ0v) is 11.7. The quantitative estimate of drug-likeness (QED) is 0.821. The van der Waals surface area contributed by atoms with Crippen LogP contribution in [0.5, 0.6) is 0 Å². The van der Waals surface area contributed by atoms with E-state index in [0.717, 1.165) is 12.5 Å². The van der Waals surface area contributed by atoms with Crippen molar-refractivity contribution < 1.29 is 8.78 Å². The Hall–Kier alpha value is -1.42. The minimum atomic E-state index is -0.586. The molecule has 3 rings (SSSR count). The molecule has 1 unspecified atom stereocenters. The van der Waals surface area contributed by atoms with Crippen LogP contribution in [-0.4, -0.2) is 6.54 Å². The summed E-state index contributed by atoms with van der Waals surface area (Å²) in [5.41, 5.74) is 3.00. The van der Waals surface area contributed by atoms with E-state index in [2.05, 4.69) is 33.4 Å². The average Bonchev–Trinajstić information content (AvgIpc) is 2.36. The SMILES string of the molecule is Fc1cc(F)c(NCC2Cc3ccccc32)cc1Br. The number of hydrogen-bond donors (Lipinski definition) is 1. The predicted octanol–water partition coefficient (Wildman–Crippen LogP) is 4.48. The summed E-state index contributed by atoms with van der Waals surface area (Å²) in [5, 5.41) is 3.05. The van der Waals surface area contributed by atoms with E-state index in [4.69, 9.17) is 0 Å². The molecule has 0 fully saturated rings. The lowest BCUT2D eigenvalue weighted by Crippen LogP contribution is -2.24. The van der Waals surface area contributed by atoms with Gasteiger partial charge >= 0.3 is 0 Å². The fourth-order valence-electron chi connectivity index (χ4n) is 2.44. The first-order valence-corrected chi connectivity index (χ1v) is 6.90. The van der Waals surface area contributed by atoms with Crippen LogP contribution >= 0.6 is 15.9 Å². The first-order valence-electron chi connectivity index (χ1n) is 6.11. The Morgan fingerprint density at radius 2 is 1.95 bits per heavy atom. The van der Waals surface area contributed by atoms with Gasteiger partial charge in [-0.2, -0.15) is 0 Å². The van der Waals surface area contributed by atoms with Gasteiger partial charge in [-0.25, -0.2) is 8.78 Å². The van der Waals surface area contributed by atoms with Gasteiger partial charge in [0.2, 0.25) is 0 Å². The number of halogens is 3. The number of rotatable bonds is 3. The highest BCUT2D eigenvalue weighted by atomic mass is 79.9. The second kappa shape index (κ2) is 4.93. The molecule has 1 aliphatic rings. The summed E-state index contributed by atoms with van der Waals surface area (Å²) in [6.45, 7) is 0.659. The highest BCUT2D eigenvalue weighted by Gasteiger charge is 2.25. The standard InChI is InChI=1S/C15H12BrF2N/c16-12-6-15(14(18)7-13(12)17)19-8-10-5-9-3-1-2-4-11(9)10/h1-4,6-7,10,19H,5,8H2. The Morgan fingerprint density at radius 3 is 2.74 bits per heavy atom. The van der Waals surface area contributed by atoms with Crippen molar-refractivity contribution >= 4 is 21.6 Å². The van der Waals surface area contributed by atoms with E-state index in [0.29, 0.717) is 18.2 Å². The van der Waals surface area contributed by atoms with Crippen LogP contribution in [0.4, 0.5) is 14.5 Å². The van der Waals surface area contributed by atoms with Crippen LogP contribution in [-0.2, 0) is 6.42 Å². The Balaban J connectivity index is 1.70. The topological polar surface area (TPSA) is 12.0 Å². The maximum absolute atomic E-state index is 13.6. The van der Waals surface area contributed by atoms with Gasteiger partial charge in [-0.1, -0.05) is 24.3 Å². The molecule has 2 aromatic rings. The highest BCUT2D eigenvalue weighted by molar-refractivity contribution is 9.10. The lowest BCUT2D eigenvalue weighted by atomic mass is 9.77. The predicted molar refractivity (Wildman–Crippen MR) is 75.4 cm³/mol. The van der Waals surface area contributed by atoms with Crippen molar-refractivity contribution in [2.45, 2.75) is 12.3 Å². The van der Waals surface area contributed by atoms with E-state index in [1.165, 1.54) is 17.2 Å². The molecule has 0 saturated carbocycles. The van der Waals surface area contributed by atoms with E-state index in [-0.39, 0.29) is 4.47 Å². The molecule has 98 valence electrons. The Labute approximate surface area is 118 Å². The van der Waals surface area contributed by atoms with Crippen molar-refractivity contribution in [2.75, 3.05) is 11.9 Å². The van der Waals surface area contributed by atoms with Crippen LogP contribution in [0.3, 0.4) is 0 Å². The van der Waals surface area contributed by atoms with Gasteiger partial charge in [-0.05, 0) is 39.5 Å². The largest absolute Gasteiger partial charge is 0.382 e. The fraction of sp³-hybridized carbons (Fsp3) is 0.200. The molecule has 0 spiro atoms. The third-order valence-corrected chi connectivity index (χ3v) is 4.12. The lowest BCUT2D eigenvalue weighted by Gasteiger charge is -2.30. The summed E-state index contributed by atoms with van der Waals surface area (Å²) >= 11 is 3.06. The van der Waals surface area contributed by atoms with Crippen LogP contribution in [0.1, 0.15) is 17.0 Å². The zero-order chi connectivity index (χ0) is 13.4. The molecule has 0 amide bonds. The molecule has 1 N–H and O–H groups in total. The number of fused-ring (bicyclic) bond motifs is 1. The number of nitrogens with one attached hydrogen (secondary N) is 1. The van der Waals surface area contributed by atoms with Crippen LogP contribution in [0.25, 0.3) is 0 Å². The van der Waals surface area contributed by atoms with E-state index in [9.17, 15) is 8.78 Å². The Kier molecular flexibility index (Phi) is 3.27. The van der Waals surface area contributed by atoms with Crippen molar-refractivity contribution in [3.05, 3.63) is 63.6 Å². The summed E-state index contributed by atoms with van der Waals surface area (Å²) in [7, 11) is 0. The minimum Gasteiger partial charge on any atom is -0.382 e.